The molecule has 1 aromatic rings. The molecule has 22 heavy (non-hydrogen) atoms. The number of carbonyl (C=O) groups excluding carboxylic acids is 1. The SMILES string of the molecule is Nc1ccc(N2CCN(C(=O)C3CC(O)C(O)C3)CC2)nc1. The fraction of sp³-hybridized carbons (Fsp3) is 0.600. The van der Waals surface area contributed by atoms with E-state index in [2.05, 4.69) is 9.88 Å². The molecule has 3 rings (SSSR count). The molecule has 4 N–H and O–H groups in total. The lowest BCUT2D eigenvalue weighted by Gasteiger charge is -2.36. The molecule has 0 aromatic carbocycles. The van der Waals surface area contributed by atoms with E-state index in [1.807, 2.05) is 17.0 Å². The van der Waals surface area contributed by atoms with E-state index in [4.69, 9.17) is 5.73 Å². The third-order valence-corrected chi connectivity index (χ3v) is 4.53. The minimum atomic E-state index is -0.769. The Kier molecular flexibility index (Phi) is 4.17. The van der Waals surface area contributed by atoms with Gasteiger partial charge in [0.2, 0.25) is 5.91 Å². The van der Waals surface area contributed by atoms with Crippen LogP contribution in [0.1, 0.15) is 12.8 Å². The van der Waals surface area contributed by atoms with Gasteiger partial charge in [-0.15, -0.1) is 0 Å². The van der Waals surface area contributed by atoms with E-state index in [1.54, 1.807) is 6.20 Å². The smallest absolute Gasteiger partial charge is 0.226 e. The first-order valence-corrected chi connectivity index (χ1v) is 7.66. The Morgan fingerprint density at radius 2 is 1.77 bits per heavy atom. The van der Waals surface area contributed by atoms with Crippen molar-refractivity contribution in [2.45, 2.75) is 25.0 Å². The summed E-state index contributed by atoms with van der Waals surface area (Å²) in [5.41, 5.74) is 6.27. The van der Waals surface area contributed by atoms with Gasteiger partial charge in [-0.25, -0.2) is 4.98 Å². The quantitative estimate of drug-likeness (QED) is 0.677. The number of anilines is 2. The molecule has 1 amide bonds. The summed E-state index contributed by atoms with van der Waals surface area (Å²) < 4.78 is 0. The van der Waals surface area contributed by atoms with Gasteiger partial charge < -0.3 is 25.7 Å². The van der Waals surface area contributed by atoms with E-state index in [9.17, 15) is 15.0 Å². The number of aliphatic hydroxyl groups excluding tert-OH is 2. The van der Waals surface area contributed by atoms with E-state index in [-0.39, 0.29) is 11.8 Å². The average Bonchev–Trinajstić information content (AvgIpc) is 2.87. The lowest BCUT2D eigenvalue weighted by Crippen LogP contribution is -2.50. The lowest BCUT2D eigenvalue weighted by molar-refractivity contribution is -0.136. The maximum atomic E-state index is 12.4. The maximum absolute atomic E-state index is 12.4. The van der Waals surface area contributed by atoms with Crippen molar-refractivity contribution in [3.8, 4) is 0 Å². The highest BCUT2D eigenvalue weighted by Gasteiger charge is 2.38. The van der Waals surface area contributed by atoms with Crippen LogP contribution in [0.5, 0.6) is 0 Å². The summed E-state index contributed by atoms with van der Waals surface area (Å²) in [6.07, 6.45) is 0.816. The van der Waals surface area contributed by atoms with Crippen molar-refractivity contribution in [2.75, 3.05) is 36.8 Å². The molecule has 7 nitrogen and oxygen atoms in total. The summed E-state index contributed by atoms with van der Waals surface area (Å²) in [6, 6.07) is 3.71. The molecule has 120 valence electrons. The van der Waals surface area contributed by atoms with Crippen LogP contribution in [0.2, 0.25) is 0 Å². The van der Waals surface area contributed by atoms with Crippen molar-refractivity contribution in [1.29, 1.82) is 0 Å². The Balaban J connectivity index is 1.55. The highest BCUT2D eigenvalue weighted by atomic mass is 16.3. The fourth-order valence-electron chi connectivity index (χ4n) is 3.19. The molecule has 2 atom stereocenters. The number of hydrogen-bond acceptors (Lipinski definition) is 6. The number of nitrogens with two attached hydrogens (primary N) is 1. The second-order valence-electron chi connectivity index (χ2n) is 6.07. The molecule has 0 radical (unpaired) electrons. The largest absolute Gasteiger partial charge is 0.397 e. The van der Waals surface area contributed by atoms with Crippen LogP contribution in [-0.4, -0.2) is 64.4 Å². The Bertz CT molecular complexity index is 518. The third-order valence-electron chi connectivity index (χ3n) is 4.53. The van der Waals surface area contributed by atoms with Crippen molar-refractivity contribution in [2.24, 2.45) is 5.92 Å². The Morgan fingerprint density at radius 1 is 1.14 bits per heavy atom. The number of pyridine rings is 1. The van der Waals surface area contributed by atoms with Crippen LogP contribution in [0, 0.1) is 5.92 Å². The molecule has 2 fully saturated rings. The van der Waals surface area contributed by atoms with Crippen molar-refractivity contribution in [3.63, 3.8) is 0 Å². The van der Waals surface area contributed by atoms with Crippen LogP contribution in [0.15, 0.2) is 18.3 Å². The molecular formula is C15H22N4O3. The van der Waals surface area contributed by atoms with Crippen LogP contribution >= 0.6 is 0 Å². The van der Waals surface area contributed by atoms with Crippen LogP contribution in [0.3, 0.4) is 0 Å². The number of rotatable bonds is 2. The van der Waals surface area contributed by atoms with Gasteiger partial charge in [0.25, 0.3) is 0 Å². The van der Waals surface area contributed by atoms with Gasteiger partial charge in [-0.2, -0.15) is 0 Å². The molecule has 1 aromatic heterocycles. The number of amides is 1. The maximum Gasteiger partial charge on any atom is 0.226 e. The first-order chi connectivity index (χ1) is 10.5. The zero-order valence-electron chi connectivity index (χ0n) is 12.4. The Hall–Kier alpha value is -1.86. The average molecular weight is 306 g/mol. The Labute approximate surface area is 129 Å². The number of aliphatic hydroxyl groups is 2. The summed E-state index contributed by atoms with van der Waals surface area (Å²) >= 11 is 0. The number of carbonyl (C=O) groups is 1. The zero-order chi connectivity index (χ0) is 15.7. The van der Waals surface area contributed by atoms with Crippen LogP contribution in [-0.2, 0) is 4.79 Å². The van der Waals surface area contributed by atoms with E-state index in [0.29, 0.717) is 31.6 Å². The van der Waals surface area contributed by atoms with E-state index >= 15 is 0 Å². The van der Waals surface area contributed by atoms with E-state index in [0.717, 1.165) is 18.9 Å². The number of nitrogen functional groups attached to an aromatic ring is 1. The van der Waals surface area contributed by atoms with Gasteiger partial charge in [0.1, 0.15) is 5.82 Å². The molecule has 2 aliphatic rings. The van der Waals surface area contributed by atoms with Gasteiger partial charge in [0, 0.05) is 32.1 Å². The second kappa shape index (κ2) is 6.10. The molecule has 0 bridgehead atoms. The fourth-order valence-corrected chi connectivity index (χ4v) is 3.19. The van der Waals surface area contributed by atoms with E-state index < -0.39 is 12.2 Å². The second-order valence-corrected chi connectivity index (χ2v) is 6.07. The van der Waals surface area contributed by atoms with Gasteiger partial charge in [0.15, 0.2) is 0 Å². The summed E-state index contributed by atoms with van der Waals surface area (Å²) in [5, 5.41) is 19.2. The molecule has 1 saturated heterocycles. The van der Waals surface area contributed by atoms with Crippen molar-refractivity contribution in [3.05, 3.63) is 18.3 Å². The number of nitrogens with zero attached hydrogens (tertiary/aromatic N) is 3. The molecule has 2 unspecified atom stereocenters. The van der Waals surface area contributed by atoms with Crippen LogP contribution in [0.25, 0.3) is 0 Å². The molecular weight excluding hydrogens is 284 g/mol. The standard InChI is InChI=1S/C15H22N4O3/c16-11-1-2-14(17-9-11)18-3-5-19(6-4-18)15(22)10-7-12(20)13(21)8-10/h1-2,9-10,12-13,20-21H,3-8,16H2. The first kappa shape index (κ1) is 15.1. The lowest BCUT2D eigenvalue weighted by atomic mass is 10.1. The van der Waals surface area contributed by atoms with Crippen LogP contribution in [0.4, 0.5) is 11.5 Å². The third kappa shape index (κ3) is 3.00. The highest BCUT2D eigenvalue weighted by molar-refractivity contribution is 5.79. The zero-order valence-corrected chi connectivity index (χ0v) is 12.4. The van der Waals surface area contributed by atoms with Gasteiger partial charge in [0.05, 0.1) is 24.1 Å². The van der Waals surface area contributed by atoms with Crippen LogP contribution < -0.4 is 10.6 Å². The molecule has 0 spiro atoms. The molecule has 1 aliphatic heterocycles. The summed E-state index contributed by atoms with van der Waals surface area (Å²) in [4.78, 5) is 20.7. The highest BCUT2D eigenvalue weighted by Crippen LogP contribution is 2.28. The minimum absolute atomic E-state index is 0.0421. The molecule has 1 saturated carbocycles. The number of piperazine rings is 1. The van der Waals surface area contributed by atoms with E-state index in [1.165, 1.54) is 0 Å². The predicted molar refractivity (Wildman–Crippen MR) is 82.2 cm³/mol. The normalized spacial score (nSPS) is 28.9. The predicted octanol–water partition coefficient (Wildman–Crippen LogP) is -0.556. The number of aromatic nitrogens is 1. The summed E-state index contributed by atoms with van der Waals surface area (Å²) in [5.74, 6) is 0.653. The van der Waals surface area contributed by atoms with Gasteiger partial charge in [-0.1, -0.05) is 0 Å². The minimum Gasteiger partial charge on any atom is -0.397 e. The number of hydrogen-bond donors (Lipinski definition) is 3. The van der Waals surface area contributed by atoms with Crippen molar-refractivity contribution < 1.29 is 15.0 Å². The summed E-state index contributed by atoms with van der Waals surface area (Å²) in [7, 11) is 0. The Morgan fingerprint density at radius 3 is 2.32 bits per heavy atom. The van der Waals surface area contributed by atoms with Crippen molar-refractivity contribution >= 4 is 17.4 Å². The summed E-state index contributed by atoms with van der Waals surface area (Å²) in [6.45, 7) is 2.71. The molecule has 2 heterocycles. The van der Waals surface area contributed by atoms with Crippen molar-refractivity contribution in [1.82, 2.24) is 9.88 Å². The van der Waals surface area contributed by atoms with Gasteiger partial charge >= 0.3 is 0 Å². The van der Waals surface area contributed by atoms with Gasteiger partial charge in [-0.05, 0) is 25.0 Å². The van der Waals surface area contributed by atoms with Gasteiger partial charge in [-0.3, -0.25) is 4.79 Å². The topological polar surface area (TPSA) is 103 Å². The first-order valence-electron chi connectivity index (χ1n) is 7.66. The molecule has 1 aliphatic carbocycles. The molecule has 7 heteroatoms. The monoisotopic (exact) mass is 306 g/mol.